The van der Waals surface area contributed by atoms with Gasteiger partial charge in [-0.2, -0.15) is 0 Å². The largest absolute Gasteiger partial charge is 0.480 e. The van der Waals surface area contributed by atoms with Crippen LogP contribution in [0.15, 0.2) is 0 Å². The van der Waals surface area contributed by atoms with Gasteiger partial charge in [-0.3, -0.25) is 9.59 Å². The molecule has 0 aromatic carbocycles. The number of hydrogen-bond donors (Lipinski definition) is 5. The molecule has 13 heavy (non-hydrogen) atoms. The van der Waals surface area contributed by atoms with Crippen molar-refractivity contribution in [3.63, 3.8) is 0 Å². The molecule has 0 aromatic rings. The van der Waals surface area contributed by atoms with Crippen LogP contribution in [0.4, 0.5) is 4.79 Å². The zero-order chi connectivity index (χ0) is 11.0. The van der Waals surface area contributed by atoms with E-state index in [4.69, 9.17) is 15.6 Å². The molecule has 1 atom stereocenters. The Kier molecular flexibility index (Phi) is 7.24. The highest BCUT2D eigenvalue weighted by molar-refractivity contribution is 5.83. The Morgan fingerprint density at radius 1 is 1.15 bits per heavy atom. The summed E-state index contributed by atoms with van der Waals surface area (Å²) in [4.78, 5) is 28.9. The van der Waals surface area contributed by atoms with Crippen molar-refractivity contribution in [1.29, 1.82) is 0 Å². The quantitative estimate of drug-likeness (QED) is 0.326. The van der Waals surface area contributed by atoms with Gasteiger partial charge in [-0.25, -0.2) is 4.79 Å². The van der Waals surface area contributed by atoms with Gasteiger partial charge in [0, 0.05) is 0 Å². The first kappa shape index (κ1) is 13.7. The SMILES string of the molecule is NC(=O)C[C@H](N)C(=O)O.NC(N)=O. The van der Waals surface area contributed by atoms with Crippen molar-refractivity contribution in [3.8, 4) is 0 Å². The van der Waals surface area contributed by atoms with Gasteiger partial charge in [-0.1, -0.05) is 0 Å². The van der Waals surface area contributed by atoms with Crippen LogP contribution in [0.5, 0.6) is 0 Å². The summed E-state index contributed by atoms with van der Waals surface area (Å²) >= 11 is 0. The second-order valence-corrected chi connectivity index (χ2v) is 2.02. The summed E-state index contributed by atoms with van der Waals surface area (Å²) in [5, 5.41) is 8.10. The van der Waals surface area contributed by atoms with Gasteiger partial charge in [0.25, 0.3) is 0 Å². The molecule has 0 radical (unpaired) electrons. The second kappa shape index (κ2) is 6.85. The number of hydrogen-bond acceptors (Lipinski definition) is 4. The summed E-state index contributed by atoms with van der Waals surface area (Å²) in [6, 6.07) is -2.00. The molecule has 0 aliphatic carbocycles. The minimum absolute atomic E-state index is 0.310. The van der Waals surface area contributed by atoms with Crippen molar-refractivity contribution < 1.29 is 19.5 Å². The standard InChI is InChI=1S/C4H8N2O3.CH4N2O/c5-2(4(8)9)1-3(6)7;2-1(3)4/h2H,1,5H2,(H2,6,7)(H,8,9);(H4,2,3,4)/t2-;/m0./s1. The molecule has 0 aliphatic rings. The average Bonchev–Trinajstić information content (AvgIpc) is 1.83. The van der Waals surface area contributed by atoms with Gasteiger partial charge >= 0.3 is 12.0 Å². The normalized spacial score (nSPS) is 10.5. The molecule has 0 saturated heterocycles. The number of primary amides is 3. The fourth-order valence-corrected chi connectivity index (χ4v) is 0.304. The number of carboxylic acid groups (broad SMARTS) is 1. The third-order valence-electron chi connectivity index (χ3n) is 0.738. The van der Waals surface area contributed by atoms with E-state index in [1.54, 1.807) is 0 Å². The Morgan fingerprint density at radius 2 is 1.46 bits per heavy atom. The molecule has 0 rings (SSSR count). The fourth-order valence-electron chi connectivity index (χ4n) is 0.304. The minimum atomic E-state index is -1.21. The molecule has 8 heteroatoms. The smallest absolute Gasteiger partial charge is 0.321 e. The third-order valence-corrected chi connectivity index (χ3v) is 0.738. The van der Waals surface area contributed by atoms with Gasteiger partial charge in [0.05, 0.1) is 6.42 Å². The van der Waals surface area contributed by atoms with Crippen LogP contribution in [0.3, 0.4) is 0 Å². The first-order chi connectivity index (χ1) is 5.77. The van der Waals surface area contributed by atoms with Crippen LogP contribution in [0.2, 0.25) is 0 Å². The van der Waals surface area contributed by atoms with Gasteiger partial charge in [0.1, 0.15) is 6.04 Å². The number of carbonyl (C=O) groups is 3. The van der Waals surface area contributed by atoms with Crippen molar-refractivity contribution in [2.24, 2.45) is 22.9 Å². The molecule has 0 unspecified atom stereocenters. The summed E-state index contributed by atoms with van der Waals surface area (Å²) in [6.45, 7) is 0. The van der Waals surface area contributed by atoms with E-state index in [0.29, 0.717) is 0 Å². The molecule has 76 valence electrons. The monoisotopic (exact) mass is 192 g/mol. The Morgan fingerprint density at radius 3 is 1.54 bits per heavy atom. The summed E-state index contributed by atoms with van der Waals surface area (Å²) in [7, 11) is 0. The number of rotatable bonds is 3. The van der Waals surface area contributed by atoms with Gasteiger partial charge in [-0.15, -0.1) is 0 Å². The van der Waals surface area contributed by atoms with Crippen LogP contribution >= 0.6 is 0 Å². The van der Waals surface area contributed by atoms with Crippen molar-refractivity contribution in [2.45, 2.75) is 12.5 Å². The number of amides is 3. The summed E-state index contributed by atoms with van der Waals surface area (Å²) in [6.07, 6.45) is -0.310. The fraction of sp³-hybridized carbons (Fsp3) is 0.400. The van der Waals surface area contributed by atoms with Crippen molar-refractivity contribution in [3.05, 3.63) is 0 Å². The molecule has 9 N–H and O–H groups in total. The highest BCUT2D eigenvalue weighted by Gasteiger charge is 2.13. The first-order valence-electron chi connectivity index (χ1n) is 3.09. The maximum atomic E-state index is 9.99. The highest BCUT2D eigenvalue weighted by Crippen LogP contribution is 1.84. The molecule has 0 bridgehead atoms. The summed E-state index contributed by atoms with van der Waals surface area (Å²) in [5.74, 6) is -1.92. The molecule has 3 amide bonds. The number of aliphatic carboxylic acids is 1. The van der Waals surface area contributed by atoms with Crippen LogP contribution in [0.1, 0.15) is 6.42 Å². The minimum Gasteiger partial charge on any atom is -0.480 e. The Labute approximate surface area is 73.8 Å². The van der Waals surface area contributed by atoms with Crippen LogP contribution < -0.4 is 22.9 Å². The van der Waals surface area contributed by atoms with Gasteiger partial charge in [0.2, 0.25) is 5.91 Å². The van der Waals surface area contributed by atoms with E-state index in [0.717, 1.165) is 0 Å². The molecule has 0 aliphatic heterocycles. The van der Waals surface area contributed by atoms with E-state index in [1.165, 1.54) is 0 Å². The lowest BCUT2D eigenvalue weighted by atomic mass is 10.2. The van der Waals surface area contributed by atoms with E-state index < -0.39 is 23.9 Å². The third kappa shape index (κ3) is 17.8. The summed E-state index contributed by atoms with van der Waals surface area (Å²) in [5.41, 5.74) is 18.1. The first-order valence-corrected chi connectivity index (χ1v) is 3.09. The number of urea groups is 1. The zero-order valence-electron chi connectivity index (χ0n) is 6.77. The van der Waals surface area contributed by atoms with Crippen molar-refractivity contribution in [1.82, 2.24) is 0 Å². The molecule has 0 heterocycles. The highest BCUT2D eigenvalue weighted by atomic mass is 16.4. The number of nitrogens with two attached hydrogens (primary N) is 4. The Hall–Kier alpha value is -1.83. The molecule has 8 nitrogen and oxygen atoms in total. The van der Waals surface area contributed by atoms with Crippen LogP contribution in [0, 0.1) is 0 Å². The van der Waals surface area contributed by atoms with E-state index in [1.807, 2.05) is 0 Å². The molecule has 0 aromatic heterocycles. The predicted molar refractivity (Wildman–Crippen MR) is 43.2 cm³/mol. The second-order valence-electron chi connectivity index (χ2n) is 2.02. The maximum Gasteiger partial charge on any atom is 0.321 e. The van der Waals surface area contributed by atoms with E-state index in [-0.39, 0.29) is 6.42 Å². The lowest BCUT2D eigenvalue weighted by molar-refractivity contribution is -0.140. The lowest BCUT2D eigenvalue weighted by Crippen LogP contribution is -2.34. The molecule has 0 fully saturated rings. The topological polar surface area (TPSA) is 176 Å². The Balaban J connectivity index is 0. The lowest BCUT2D eigenvalue weighted by Gasteiger charge is -1.99. The van der Waals surface area contributed by atoms with Crippen LogP contribution in [-0.2, 0) is 9.59 Å². The molecule has 0 spiro atoms. The number of carboxylic acids is 1. The van der Waals surface area contributed by atoms with Gasteiger partial charge < -0.3 is 28.0 Å². The average molecular weight is 192 g/mol. The van der Waals surface area contributed by atoms with Crippen molar-refractivity contribution >= 4 is 17.9 Å². The zero-order valence-corrected chi connectivity index (χ0v) is 6.77. The van der Waals surface area contributed by atoms with E-state index in [2.05, 4.69) is 17.2 Å². The van der Waals surface area contributed by atoms with Gasteiger partial charge in [0.15, 0.2) is 0 Å². The van der Waals surface area contributed by atoms with E-state index >= 15 is 0 Å². The Bertz CT molecular complexity index is 201. The van der Waals surface area contributed by atoms with Gasteiger partial charge in [-0.05, 0) is 0 Å². The molecule has 0 saturated carbocycles. The predicted octanol–water partition coefficient (Wildman–Crippen LogP) is -2.70. The number of carbonyl (C=O) groups excluding carboxylic acids is 2. The van der Waals surface area contributed by atoms with Crippen LogP contribution in [-0.4, -0.2) is 29.1 Å². The summed E-state index contributed by atoms with van der Waals surface area (Å²) < 4.78 is 0. The van der Waals surface area contributed by atoms with Crippen LogP contribution in [0.25, 0.3) is 0 Å². The molecular weight excluding hydrogens is 180 g/mol. The molecular formula is C5H12N4O4. The maximum absolute atomic E-state index is 9.99. The van der Waals surface area contributed by atoms with Crippen molar-refractivity contribution in [2.75, 3.05) is 0 Å². The van der Waals surface area contributed by atoms with E-state index in [9.17, 15) is 9.59 Å².